The van der Waals surface area contributed by atoms with Crippen LogP contribution in [0.25, 0.3) is 0 Å². The maximum Gasteiger partial charge on any atom is 0.269 e. The Balaban J connectivity index is 1.99. The van der Waals surface area contributed by atoms with Gasteiger partial charge < -0.3 is 10.4 Å². The molecule has 1 amide bonds. The number of hydrogen-bond acceptors (Lipinski definition) is 4. The standard InChI is InChI=1S/C15H12ClFN2O4/c16-13-7-10(17)3-6-12(13)15(21)18-8-14(20)9-1-4-11(5-2-9)19(22)23/h1-7,14,20H,8H2,(H,18,21)/t14-/m0/s1. The SMILES string of the molecule is O=C(NC[C@H](O)c1ccc([N+](=O)[O-])cc1)c1ccc(F)cc1Cl. The lowest BCUT2D eigenvalue weighted by Gasteiger charge is -2.12. The maximum atomic E-state index is 12.9. The van der Waals surface area contributed by atoms with Gasteiger partial charge in [-0.25, -0.2) is 4.39 Å². The zero-order valence-electron chi connectivity index (χ0n) is 11.7. The summed E-state index contributed by atoms with van der Waals surface area (Å²) in [6, 6.07) is 8.69. The smallest absolute Gasteiger partial charge is 0.269 e. The molecule has 0 saturated heterocycles. The predicted molar refractivity (Wildman–Crippen MR) is 81.8 cm³/mol. The van der Waals surface area contributed by atoms with Gasteiger partial charge in [-0.15, -0.1) is 0 Å². The number of benzene rings is 2. The molecule has 0 aliphatic carbocycles. The highest BCUT2D eigenvalue weighted by Gasteiger charge is 2.14. The van der Waals surface area contributed by atoms with E-state index in [0.29, 0.717) is 5.56 Å². The Morgan fingerprint density at radius 3 is 2.52 bits per heavy atom. The molecule has 6 nitrogen and oxygen atoms in total. The normalized spacial score (nSPS) is 11.8. The van der Waals surface area contributed by atoms with Crippen LogP contribution in [0.3, 0.4) is 0 Å². The fourth-order valence-corrected chi connectivity index (χ4v) is 2.15. The van der Waals surface area contributed by atoms with Crippen LogP contribution in [0.15, 0.2) is 42.5 Å². The van der Waals surface area contributed by atoms with E-state index in [9.17, 15) is 24.4 Å². The summed E-state index contributed by atoms with van der Waals surface area (Å²) in [4.78, 5) is 21.9. The van der Waals surface area contributed by atoms with E-state index in [2.05, 4.69) is 5.32 Å². The molecule has 8 heteroatoms. The van der Waals surface area contributed by atoms with Crippen molar-refractivity contribution in [3.8, 4) is 0 Å². The lowest BCUT2D eigenvalue weighted by atomic mass is 10.1. The van der Waals surface area contributed by atoms with Crippen molar-refractivity contribution in [1.82, 2.24) is 5.32 Å². The average Bonchev–Trinajstić information content (AvgIpc) is 2.52. The molecule has 120 valence electrons. The van der Waals surface area contributed by atoms with Gasteiger partial charge in [-0.3, -0.25) is 14.9 Å². The van der Waals surface area contributed by atoms with Gasteiger partial charge in [0.2, 0.25) is 0 Å². The van der Waals surface area contributed by atoms with E-state index in [1.54, 1.807) is 0 Å². The maximum absolute atomic E-state index is 12.9. The molecule has 0 saturated carbocycles. The van der Waals surface area contributed by atoms with Crippen molar-refractivity contribution in [2.75, 3.05) is 6.54 Å². The second kappa shape index (κ2) is 7.17. The van der Waals surface area contributed by atoms with Gasteiger partial charge in [0.05, 0.1) is 21.6 Å². The number of carbonyl (C=O) groups excluding carboxylic acids is 1. The average molecular weight is 339 g/mol. The second-order valence-corrected chi connectivity index (χ2v) is 5.11. The van der Waals surface area contributed by atoms with E-state index in [4.69, 9.17) is 11.6 Å². The fraction of sp³-hybridized carbons (Fsp3) is 0.133. The molecule has 0 fully saturated rings. The predicted octanol–water partition coefficient (Wildman–Crippen LogP) is 2.85. The van der Waals surface area contributed by atoms with Crippen LogP contribution < -0.4 is 5.32 Å². The van der Waals surface area contributed by atoms with Crippen molar-refractivity contribution in [1.29, 1.82) is 0 Å². The molecule has 2 N–H and O–H groups in total. The molecule has 0 spiro atoms. The zero-order valence-corrected chi connectivity index (χ0v) is 12.5. The summed E-state index contributed by atoms with van der Waals surface area (Å²) in [6.07, 6.45) is -1.04. The minimum Gasteiger partial charge on any atom is -0.387 e. The van der Waals surface area contributed by atoms with Gasteiger partial charge in [0.1, 0.15) is 5.82 Å². The topological polar surface area (TPSA) is 92.5 Å². The summed E-state index contributed by atoms with van der Waals surface area (Å²) in [6.45, 7) is -0.121. The van der Waals surface area contributed by atoms with Crippen molar-refractivity contribution < 1.29 is 19.2 Å². The van der Waals surface area contributed by atoms with E-state index >= 15 is 0 Å². The Kier molecular flexibility index (Phi) is 5.25. The van der Waals surface area contributed by atoms with Crippen LogP contribution in [0, 0.1) is 15.9 Å². The lowest BCUT2D eigenvalue weighted by molar-refractivity contribution is -0.384. The molecule has 1 atom stereocenters. The minimum atomic E-state index is -1.04. The van der Waals surface area contributed by atoms with E-state index < -0.39 is 22.8 Å². The van der Waals surface area contributed by atoms with Crippen molar-refractivity contribution >= 4 is 23.2 Å². The van der Waals surface area contributed by atoms with Gasteiger partial charge in [0, 0.05) is 18.7 Å². The van der Waals surface area contributed by atoms with Crippen LogP contribution in [0.4, 0.5) is 10.1 Å². The molecule has 0 heterocycles. The molecular formula is C15H12ClFN2O4. The Hall–Kier alpha value is -2.51. The lowest BCUT2D eigenvalue weighted by Crippen LogP contribution is -2.28. The number of nitro benzene ring substituents is 1. The van der Waals surface area contributed by atoms with Gasteiger partial charge in [-0.05, 0) is 35.9 Å². The third kappa shape index (κ3) is 4.24. The largest absolute Gasteiger partial charge is 0.387 e. The summed E-state index contributed by atoms with van der Waals surface area (Å²) in [5.74, 6) is -1.12. The molecule has 0 aromatic heterocycles. The van der Waals surface area contributed by atoms with Crippen LogP contribution in [0.5, 0.6) is 0 Å². The summed E-state index contributed by atoms with van der Waals surface area (Å²) < 4.78 is 12.9. The Morgan fingerprint density at radius 1 is 1.30 bits per heavy atom. The highest BCUT2D eigenvalue weighted by Crippen LogP contribution is 2.19. The number of nitrogens with zero attached hydrogens (tertiary/aromatic N) is 1. The molecular weight excluding hydrogens is 327 g/mol. The molecule has 2 aromatic rings. The summed E-state index contributed by atoms with van der Waals surface area (Å²) in [5.41, 5.74) is 0.410. The van der Waals surface area contributed by atoms with Crippen molar-refractivity contribution in [2.45, 2.75) is 6.10 Å². The number of rotatable bonds is 5. The molecule has 0 unspecified atom stereocenters. The first kappa shape index (κ1) is 16.9. The summed E-state index contributed by atoms with van der Waals surface area (Å²) >= 11 is 5.78. The van der Waals surface area contributed by atoms with Crippen LogP contribution >= 0.6 is 11.6 Å². The minimum absolute atomic E-state index is 0.0349. The number of halogens is 2. The highest BCUT2D eigenvalue weighted by molar-refractivity contribution is 6.33. The first-order chi connectivity index (χ1) is 10.9. The van der Waals surface area contributed by atoms with Gasteiger partial charge in [-0.2, -0.15) is 0 Å². The van der Waals surface area contributed by atoms with Gasteiger partial charge in [-0.1, -0.05) is 11.6 Å². The number of amides is 1. The number of nitro groups is 1. The number of aliphatic hydroxyl groups excluding tert-OH is 1. The third-order valence-corrected chi connectivity index (χ3v) is 3.43. The second-order valence-electron chi connectivity index (χ2n) is 4.70. The van der Waals surface area contributed by atoms with Crippen molar-refractivity contribution in [3.05, 3.63) is 74.5 Å². The number of carbonyl (C=O) groups is 1. The van der Waals surface area contributed by atoms with Crippen LogP contribution in [-0.2, 0) is 0 Å². The number of nitrogens with one attached hydrogen (secondary N) is 1. The Morgan fingerprint density at radius 2 is 1.96 bits per heavy atom. The number of aliphatic hydroxyl groups is 1. The monoisotopic (exact) mass is 338 g/mol. The van der Waals surface area contributed by atoms with Crippen molar-refractivity contribution in [3.63, 3.8) is 0 Å². The first-order valence-corrected chi connectivity index (χ1v) is 6.92. The van der Waals surface area contributed by atoms with Crippen LogP contribution in [-0.4, -0.2) is 22.5 Å². The quantitative estimate of drug-likeness (QED) is 0.647. The Bertz CT molecular complexity index is 737. The van der Waals surface area contributed by atoms with E-state index in [1.807, 2.05) is 0 Å². The number of non-ortho nitro benzene ring substituents is 1. The molecule has 0 aliphatic heterocycles. The molecule has 2 aromatic carbocycles. The molecule has 0 bridgehead atoms. The Labute approximate surface area is 135 Å². The zero-order chi connectivity index (χ0) is 17.0. The summed E-state index contributed by atoms with van der Waals surface area (Å²) in [5, 5.41) is 23.0. The molecule has 2 rings (SSSR count). The van der Waals surface area contributed by atoms with Gasteiger partial charge >= 0.3 is 0 Å². The summed E-state index contributed by atoms with van der Waals surface area (Å²) in [7, 11) is 0. The number of hydrogen-bond donors (Lipinski definition) is 2. The first-order valence-electron chi connectivity index (χ1n) is 6.54. The van der Waals surface area contributed by atoms with Crippen LogP contribution in [0.2, 0.25) is 5.02 Å². The van der Waals surface area contributed by atoms with Crippen molar-refractivity contribution in [2.24, 2.45) is 0 Å². The highest BCUT2D eigenvalue weighted by atomic mass is 35.5. The fourth-order valence-electron chi connectivity index (χ4n) is 1.89. The van der Waals surface area contributed by atoms with E-state index in [1.165, 1.54) is 30.3 Å². The van der Waals surface area contributed by atoms with E-state index in [-0.39, 0.29) is 22.8 Å². The third-order valence-electron chi connectivity index (χ3n) is 3.12. The van der Waals surface area contributed by atoms with Gasteiger partial charge in [0.15, 0.2) is 0 Å². The van der Waals surface area contributed by atoms with E-state index in [0.717, 1.165) is 12.1 Å². The molecule has 23 heavy (non-hydrogen) atoms. The van der Waals surface area contributed by atoms with Gasteiger partial charge in [0.25, 0.3) is 11.6 Å². The van der Waals surface area contributed by atoms with Crippen LogP contribution in [0.1, 0.15) is 22.0 Å². The molecule has 0 aliphatic rings. The molecule has 0 radical (unpaired) electrons.